The molecule has 0 spiro atoms. The van der Waals surface area contributed by atoms with E-state index in [1.165, 1.54) is 12.8 Å². The maximum absolute atomic E-state index is 13.4. The Labute approximate surface area is 189 Å². The van der Waals surface area contributed by atoms with E-state index in [-0.39, 0.29) is 12.1 Å². The van der Waals surface area contributed by atoms with Crippen LogP contribution in [0.5, 0.6) is 0 Å². The standard InChI is InChI=1S/C28H41NO2/c1-7-29(20-13-14-22(2)3)21-19-28(6,27(30)31-23(4)5)26-18-12-11-17-25(26)24-15-9-8-10-16-24/h8-12,15-18,22-23H,7,13-14,19-21H2,1-6H3. The van der Waals surface area contributed by atoms with E-state index in [1.807, 2.05) is 44.2 Å². The van der Waals surface area contributed by atoms with Crippen molar-refractivity contribution in [3.8, 4) is 11.1 Å². The third kappa shape index (κ3) is 7.21. The molecule has 0 aromatic heterocycles. The Morgan fingerprint density at radius 3 is 2.23 bits per heavy atom. The Bertz CT molecular complexity index is 800. The van der Waals surface area contributed by atoms with Gasteiger partial charge in [0.1, 0.15) is 0 Å². The number of rotatable bonds is 12. The molecule has 2 rings (SSSR count). The maximum atomic E-state index is 13.4. The molecule has 0 bridgehead atoms. The third-order valence-corrected chi connectivity index (χ3v) is 6.03. The topological polar surface area (TPSA) is 29.5 Å². The first-order valence-electron chi connectivity index (χ1n) is 11.9. The van der Waals surface area contributed by atoms with Crippen molar-refractivity contribution in [3.63, 3.8) is 0 Å². The number of hydrogen-bond donors (Lipinski definition) is 0. The zero-order valence-corrected chi connectivity index (χ0v) is 20.4. The van der Waals surface area contributed by atoms with E-state index < -0.39 is 5.41 Å². The van der Waals surface area contributed by atoms with E-state index in [4.69, 9.17) is 4.74 Å². The molecule has 0 heterocycles. The Morgan fingerprint density at radius 1 is 0.968 bits per heavy atom. The van der Waals surface area contributed by atoms with Gasteiger partial charge in [0.2, 0.25) is 0 Å². The van der Waals surface area contributed by atoms with Gasteiger partial charge >= 0.3 is 5.97 Å². The van der Waals surface area contributed by atoms with Crippen LogP contribution in [-0.2, 0) is 14.9 Å². The highest BCUT2D eigenvalue weighted by atomic mass is 16.5. The SMILES string of the molecule is CCN(CCCC(C)C)CCC(C)(C(=O)OC(C)C)c1ccccc1-c1ccccc1. The Balaban J connectivity index is 2.34. The number of carbonyl (C=O) groups is 1. The summed E-state index contributed by atoms with van der Waals surface area (Å²) in [5.41, 5.74) is 2.58. The van der Waals surface area contributed by atoms with E-state index in [0.29, 0.717) is 0 Å². The average molecular weight is 424 g/mol. The average Bonchev–Trinajstić information content (AvgIpc) is 2.75. The normalized spacial score (nSPS) is 13.6. The lowest BCUT2D eigenvalue weighted by molar-refractivity contribution is -0.154. The van der Waals surface area contributed by atoms with Crippen molar-refractivity contribution in [2.75, 3.05) is 19.6 Å². The minimum absolute atomic E-state index is 0.135. The van der Waals surface area contributed by atoms with E-state index in [0.717, 1.165) is 48.7 Å². The molecular formula is C28H41NO2. The monoisotopic (exact) mass is 423 g/mol. The lowest BCUT2D eigenvalue weighted by Crippen LogP contribution is -2.40. The molecule has 2 aromatic carbocycles. The first kappa shape index (κ1) is 25.1. The Morgan fingerprint density at radius 2 is 1.61 bits per heavy atom. The van der Waals surface area contributed by atoms with Gasteiger partial charge in [-0.05, 0) is 82.3 Å². The lowest BCUT2D eigenvalue weighted by Gasteiger charge is -2.33. The summed E-state index contributed by atoms with van der Waals surface area (Å²) < 4.78 is 5.78. The highest BCUT2D eigenvalue weighted by Gasteiger charge is 2.39. The van der Waals surface area contributed by atoms with E-state index in [1.54, 1.807) is 0 Å². The first-order valence-corrected chi connectivity index (χ1v) is 11.9. The van der Waals surface area contributed by atoms with Crippen LogP contribution in [0.3, 0.4) is 0 Å². The summed E-state index contributed by atoms with van der Waals surface area (Å²) in [6.07, 6.45) is 3.03. The van der Waals surface area contributed by atoms with Crippen molar-refractivity contribution in [2.24, 2.45) is 5.92 Å². The summed E-state index contributed by atoms with van der Waals surface area (Å²) in [7, 11) is 0. The predicted octanol–water partition coefficient (Wildman–Crippen LogP) is 6.71. The van der Waals surface area contributed by atoms with Crippen LogP contribution in [-0.4, -0.2) is 36.6 Å². The molecule has 0 amide bonds. The van der Waals surface area contributed by atoms with E-state index in [9.17, 15) is 4.79 Å². The molecule has 0 aliphatic carbocycles. The van der Waals surface area contributed by atoms with Crippen LogP contribution in [0.4, 0.5) is 0 Å². The summed E-state index contributed by atoms with van der Waals surface area (Å²) in [5.74, 6) is 0.590. The second-order valence-electron chi connectivity index (χ2n) is 9.42. The third-order valence-electron chi connectivity index (χ3n) is 6.03. The number of ether oxygens (including phenoxy) is 1. The maximum Gasteiger partial charge on any atom is 0.316 e. The van der Waals surface area contributed by atoms with E-state index >= 15 is 0 Å². The molecule has 0 fully saturated rings. The van der Waals surface area contributed by atoms with Crippen molar-refractivity contribution in [1.82, 2.24) is 4.90 Å². The van der Waals surface area contributed by atoms with Gasteiger partial charge in [-0.15, -0.1) is 0 Å². The van der Waals surface area contributed by atoms with Gasteiger partial charge in [-0.1, -0.05) is 75.4 Å². The van der Waals surface area contributed by atoms with Gasteiger partial charge in [0.15, 0.2) is 0 Å². The Kier molecular flexibility index (Phi) is 9.77. The summed E-state index contributed by atoms with van der Waals surface area (Å²) in [4.78, 5) is 15.9. The lowest BCUT2D eigenvalue weighted by atomic mass is 9.75. The molecule has 3 heteroatoms. The number of carbonyl (C=O) groups excluding carboxylic acids is 1. The zero-order chi connectivity index (χ0) is 22.9. The summed E-state index contributed by atoms with van der Waals surface area (Å²) in [6.45, 7) is 15.6. The predicted molar refractivity (Wildman–Crippen MR) is 131 cm³/mol. The quantitative estimate of drug-likeness (QED) is 0.355. The first-order chi connectivity index (χ1) is 14.8. The van der Waals surface area contributed by atoms with Crippen LogP contribution in [0.1, 0.15) is 66.4 Å². The molecule has 2 aromatic rings. The van der Waals surface area contributed by atoms with Crippen LogP contribution >= 0.6 is 0 Å². The van der Waals surface area contributed by atoms with Gasteiger partial charge in [0.05, 0.1) is 11.5 Å². The van der Waals surface area contributed by atoms with Crippen LogP contribution in [0, 0.1) is 5.92 Å². The molecule has 0 saturated heterocycles. The summed E-state index contributed by atoms with van der Waals surface area (Å²) in [6, 6.07) is 18.6. The largest absolute Gasteiger partial charge is 0.462 e. The molecule has 0 saturated carbocycles. The number of nitrogens with zero attached hydrogens (tertiary/aromatic N) is 1. The zero-order valence-electron chi connectivity index (χ0n) is 20.4. The van der Waals surface area contributed by atoms with Crippen molar-refractivity contribution in [1.29, 1.82) is 0 Å². The van der Waals surface area contributed by atoms with Crippen molar-refractivity contribution in [2.45, 2.75) is 72.3 Å². The molecule has 1 unspecified atom stereocenters. The van der Waals surface area contributed by atoms with Gasteiger partial charge < -0.3 is 9.64 Å². The van der Waals surface area contributed by atoms with Gasteiger partial charge in [0, 0.05) is 0 Å². The summed E-state index contributed by atoms with van der Waals surface area (Å²) >= 11 is 0. The smallest absolute Gasteiger partial charge is 0.316 e. The van der Waals surface area contributed by atoms with Crippen molar-refractivity contribution >= 4 is 5.97 Å². The second-order valence-corrected chi connectivity index (χ2v) is 9.42. The highest BCUT2D eigenvalue weighted by molar-refractivity contribution is 5.86. The fourth-order valence-electron chi connectivity index (χ4n) is 4.06. The molecule has 31 heavy (non-hydrogen) atoms. The molecule has 3 nitrogen and oxygen atoms in total. The second kappa shape index (κ2) is 12.0. The van der Waals surface area contributed by atoms with Gasteiger partial charge in [-0.25, -0.2) is 0 Å². The van der Waals surface area contributed by atoms with Crippen LogP contribution in [0.25, 0.3) is 11.1 Å². The molecule has 0 aliphatic heterocycles. The van der Waals surface area contributed by atoms with Crippen molar-refractivity contribution in [3.05, 3.63) is 60.2 Å². The minimum Gasteiger partial charge on any atom is -0.462 e. The number of hydrogen-bond acceptors (Lipinski definition) is 3. The molecular weight excluding hydrogens is 382 g/mol. The van der Waals surface area contributed by atoms with Gasteiger partial charge in [-0.2, -0.15) is 0 Å². The fraction of sp³-hybridized carbons (Fsp3) is 0.536. The van der Waals surface area contributed by atoms with Crippen LogP contribution in [0.15, 0.2) is 54.6 Å². The summed E-state index contributed by atoms with van der Waals surface area (Å²) in [5, 5.41) is 0. The molecule has 170 valence electrons. The number of esters is 1. The number of benzene rings is 2. The molecule has 0 radical (unpaired) electrons. The minimum atomic E-state index is -0.706. The Hall–Kier alpha value is -2.13. The van der Waals surface area contributed by atoms with Crippen LogP contribution < -0.4 is 0 Å². The van der Waals surface area contributed by atoms with Crippen LogP contribution in [0.2, 0.25) is 0 Å². The molecule has 0 N–H and O–H groups in total. The van der Waals surface area contributed by atoms with Crippen molar-refractivity contribution < 1.29 is 9.53 Å². The van der Waals surface area contributed by atoms with Gasteiger partial charge in [0.25, 0.3) is 0 Å². The van der Waals surface area contributed by atoms with Gasteiger partial charge in [-0.3, -0.25) is 4.79 Å². The molecule has 1 atom stereocenters. The highest BCUT2D eigenvalue weighted by Crippen LogP contribution is 2.37. The molecule has 0 aliphatic rings. The van der Waals surface area contributed by atoms with E-state index in [2.05, 4.69) is 56.9 Å². The fourth-order valence-corrected chi connectivity index (χ4v) is 4.06.